The molecule has 1 aliphatic heterocycles. The molecule has 5 nitrogen and oxygen atoms in total. The Morgan fingerprint density at radius 1 is 1.50 bits per heavy atom. The van der Waals surface area contributed by atoms with E-state index < -0.39 is 0 Å². The van der Waals surface area contributed by atoms with E-state index in [4.69, 9.17) is 21.9 Å². The molecule has 0 aromatic carbocycles. The van der Waals surface area contributed by atoms with Gasteiger partial charge in [-0.05, 0) is 31.0 Å². The zero-order valence-electron chi connectivity index (χ0n) is 11.8. The molecule has 1 saturated heterocycles. The van der Waals surface area contributed by atoms with Gasteiger partial charge in [0.05, 0.1) is 10.6 Å². The van der Waals surface area contributed by atoms with Gasteiger partial charge in [0.2, 0.25) is 0 Å². The standard InChI is InChI=1S/C13H18N4OS2/c1-7(2)9-10(11-15-16-13(19)17(11)3)20-12(14-9)8-5-4-6-18-8/h7-8H,4-6H2,1-3H3,(H,16,19). The number of nitrogens with one attached hydrogen (secondary N) is 1. The highest BCUT2D eigenvalue weighted by Crippen LogP contribution is 2.39. The van der Waals surface area contributed by atoms with Crippen LogP contribution in [0.2, 0.25) is 0 Å². The highest BCUT2D eigenvalue weighted by Gasteiger charge is 2.26. The van der Waals surface area contributed by atoms with E-state index in [9.17, 15) is 0 Å². The van der Waals surface area contributed by atoms with Crippen LogP contribution in [0, 0.1) is 4.77 Å². The van der Waals surface area contributed by atoms with Crippen molar-refractivity contribution in [3.05, 3.63) is 15.5 Å². The third kappa shape index (κ3) is 2.34. The van der Waals surface area contributed by atoms with E-state index in [1.165, 1.54) is 0 Å². The highest BCUT2D eigenvalue weighted by molar-refractivity contribution is 7.71. The summed E-state index contributed by atoms with van der Waals surface area (Å²) in [6.45, 7) is 5.14. The first kappa shape index (κ1) is 13.9. The molecule has 1 aliphatic rings. The maximum Gasteiger partial charge on any atom is 0.195 e. The lowest BCUT2D eigenvalue weighted by Crippen LogP contribution is -1.98. The maximum absolute atomic E-state index is 5.75. The summed E-state index contributed by atoms with van der Waals surface area (Å²) in [5, 5.41) is 8.25. The predicted molar refractivity (Wildman–Crippen MR) is 81.5 cm³/mol. The van der Waals surface area contributed by atoms with E-state index in [2.05, 4.69) is 24.0 Å². The molecule has 3 rings (SSSR count). The van der Waals surface area contributed by atoms with Crippen LogP contribution in [0.1, 0.15) is 49.4 Å². The molecule has 108 valence electrons. The molecule has 0 radical (unpaired) electrons. The van der Waals surface area contributed by atoms with Gasteiger partial charge in [-0.15, -0.1) is 11.3 Å². The summed E-state index contributed by atoms with van der Waals surface area (Å²) < 4.78 is 8.27. The fourth-order valence-electron chi connectivity index (χ4n) is 2.36. The average molecular weight is 310 g/mol. The molecule has 3 heterocycles. The Labute approximate surface area is 127 Å². The Kier molecular flexibility index (Phi) is 3.74. The van der Waals surface area contributed by atoms with Crippen LogP contribution in [0.5, 0.6) is 0 Å². The molecule has 0 aliphatic carbocycles. The second kappa shape index (κ2) is 5.38. The SMILES string of the molecule is CC(C)c1nc(C2CCCO2)sc1-c1n[nH]c(=S)n1C. The Morgan fingerprint density at radius 2 is 2.30 bits per heavy atom. The number of thiazole rings is 1. The minimum atomic E-state index is 0.151. The minimum absolute atomic E-state index is 0.151. The lowest BCUT2D eigenvalue weighted by Gasteiger charge is -2.04. The Balaban J connectivity index is 2.09. The molecule has 0 bridgehead atoms. The van der Waals surface area contributed by atoms with Crippen molar-refractivity contribution in [2.75, 3.05) is 6.61 Å². The smallest absolute Gasteiger partial charge is 0.195 e. The predicted octanol–water partition coefficient (Wildman–Crippen LogP) is 3.58. The molecule has 0 amide bonds. The number of H-pyrrole nitrogens is 1. The summed E-state index contributed by atoms with van der Waals surface area (Å²) >= 11 is 6.88. The minimum Gasteiger partial charge on any atom is -0.371 e. The zero-order valence-corrected chi connectivity index (χ0v) is 13.5. The summed E-state index contributed by atoms with van der Waals surface area (Å²) in [5.74, 6) is 1.21. The van der Waals surface area contributed by atoms with Gasteiger partial charge in [-0.1, -0.05) is 13.8 Å². The lowest BCUT2D eigenvalue weighted by atomic mass is 10.1. The second-order valence-electron chi connectivity index (χ2n) is 5.33. The van der Waals surface area contributed by atoms with Crippen molar-refractivity contribution in [1.82, 2.24) is 19.7 Å². The maximum atomic E-state index is 5.75. The first-order valence-electron chi connectivity index (χ1n) is 6.82. The molecular weight excluding hydrogens is 292 g/mol. The molecule has 0 saturated carbocycles. The van der Waals surface area contributed by atoms with Crippen molar-refractivity contribution in [3.63, 3.8) is 0 Å². The topological polar surface area (TPSA) is 55.7 Å². The summed E-state index contributed by atoms with van der Waals surface area (Å²) in [7, 11) is 1.93. The quantitative estimate of drug-likeness (QED) is 0.880. The normalized spacial score (nSPS) is 19.1. The largest absolute Gasteiger partial charge is 0.371 e. The second-order valence-corrected chi connectivity index (χ2v) is 6.75. The van der Waals surface area contributed by atoms with Gasteiger partial charge in [0.15, 0.2) is 10.6 Å². The number of nitrogens with zero attached hydrogens (tertiary/aromatic N) is 3. The number of hydrogen-bond acceptors (Lipinski definition) is 5. The first-order valence-corrected chi connectivity index (χ1v) is 8.04. The van der Waals surface area contributed by atoms with Crippen molar-refractivity contribution in [3.8, 4) is 10.7 Å². The van der Waals surface area contributed by atoms with E-state index in [0.717, 1.165) is 40.9 Å². The number of rotatable bonds is 3. The number of aromatic amines is 1. The fourth-order valence-corrected chi connectivity index (χ4v) is 3.82. The van der Waals surface area contributed by atoms with Crippen molar-refractivity contribution in [2.45, 2.75) is 38.7 Å². The third-order valence-corrected chi connectivity index (χ3v) is 5.03. The zero-order chi connectivity index (χ0) is 14.3. The Morgan fingerprint density at radius 3 is 2.85 bits per heavy atom. The van der Waals surface area contributed by atoms with Crippen LogP contribution in [0.4, 0.5) is 0 Å². The third-order valence-electron chi connectivity index (χ3n) is 3.50. The number of hydrogen-bond donors (Lipinski definition) is 1. The van der Waals surface area contributed by atoms with Crippen LogP contribution in [-0.4, -0.2) is 26.4 Å². The summed E-state index contributed by atoms with van der Waals surface area (Å²) in [6, 6.07) is 0. The highest BCUT2D eigenvalue weighted by atomic mass is 32.1. The first-order chi connectivity index (χ1) is 9.58. The number of aromatic nitrogens is 4. The Bertz CT molecular complexity index is 664. The lowest BCUT2D eigenvalue weighted by molar-refractivity contribution is 0.111. The van der Waals surface area contributed by atoms with Crippen LogP contribution < -0.4 is 0 Å². The molecule has 1 unspecified atom stereocenters. The summed E-state index contributed by atoms with van der Waals surface area (Å²) in [5.41, 5.74) is 1.08. The molecule has 0 spiro atoms. The number of ether oxygens (including phenoxy) is 1. The van der Waals surface area contributed by atoms with E-state index in [1.54, 1.807) is 11.3 Å². The van der Waals surface area contributed by atoms with Gasteiger partial charge in [-0.3, -0.25) is 5.10 Å². The molecule has 2 aromatic heterocycles. The summed E-state index contributed by atoms with van der Waals surface area (Å²) in [6.07, 6.45) is 2.32. The molecule has 1 N–H and O–H groups in total. The van der Waals surface area contributed by atoms with Crippen molar-refractivity contribution >= 4 is 23.6 Å². The fraction of sp³-hybridized carbons (Fsp3) is 0.615. The van der Waals surface area contributed by atoms with Gasteiger partial charge in [0, 0.05) is 13.7 Å². The van der Waals surface area contributed by atoms with Crippen LogP contribution in [0.15, 0.2) is 0 Å². The monoisotopic (exact) mass is 310 g/mol. The molecule has 7 heteroatoms. The van der Waals surface area contributed by atoms with Gasteiger partial charge in [0.25, 0.3) is 0 Å². The molecule has 2 aromatic rings. The van der Waals surface area contributed by atoms with Crippen LogP contribution in [0.3, 0.4) is 0 Å². The van der Waals surface area contributed by atoms with Gasteiger partial charge in [-0.25, -0.2) is 4.98 Å². The average Bonchev–Trinajstić information content (AvgIpc) is 3.10. The van der Waals surface area contributed by atoms with Crippen molar-refractivity contribution in [2.24, 2.45) is 7.05 Å². The molecule has 1 fully saturated rings. The van der Waals surface area contributed by atoms with Crippen molar-refractivity contribution < 1.29 is 4.74 Å². The van der Waals surface area contributed by atoms with E-state index in [1.807, 2.05) is 11.6 Å². The van der Waals surface area contributed by atoms with Gasteiger partial charge in [-0.2, -0.15) is 5.10 Å². The molecular formula is C13H18N4OS2. The van der Waals surface area contributed by atoms with E-state index in [0.29, 0.717) is 10.7 Å². The van der Waals surface area contributed by atoms with Gasteiger partial charge >= 0.3 is 0 Å². The van der Waals surface area contributed by atoms with Gasteiger partial charge < -0.3 is 9.30 Å². The van der Waals surface area contributed by atoms with Crippen molar-refractivity contribution in [1.29, 1.82) is 0 Å². The van der Waals surface area contributed by atoms with Crippen LogP contribution in [0.25, 0.3) is 10.7 Å². The molecule has 20 heavy (non-hydrogen) atoms. The molecule has 1 atom stereocenters. The van der Waals surface area contributed by atoms with Gasteiger partial charge in [0.1, 0.15) is 11.1 Å². The van der Waals surface area contributed by atoms with E-state index in [-0.39, 0.29) is 6.10 Å². The van der Waals surface area contributed by atoms with E-state index >= 15 is 0 Å². The van der Waals surface area contributed by atoms with Crippen LogP contribution >= 0.6 is 23.6 Å². The Hall–Kier alpha value is -1.05. The van der Waals surface area contributed by atoms with Crippen LogP contribution in [-0.2, 0) is 11.8 Å². The summed E-state index contributed by atoms with van der Waals surface area (Å²) in [4.78, 5) is 5.91.